The van der Waals surface area contributed by atoms with Crippen LogP contribution in [0.15, 0.2) is 29.8 Å². The van der Waals surface area contributed by atoms with E-state index < -0.39 is 23.6 Å². The fourth-order valence-corrected chi connectivity index (χ4v) is 5.03. The summed E-state index contributed by atoms with van der Waals surface area (Å²) in [5.41, 5.74) is 4.26. The van der Waals surface area contributed by atoms with Crippen molar-refractivity contribution >= 4 is 29.1 Å². The molecule has 184 valence electrons. The lowest BCUT2D eigenvalue weighted by atomic mass is 9.85. The van der Waals surface area contributed by atoms with E-state index in [-0.39, 0.29) is 36.7 Å². The number of likely N-dealkylation sites (tertiary alicyclic amines) is 1. The third-order valence-electron chi connectivity index (χ3n) is 6.10. The van der Waals surface area contributed by atoms with Crippen molar-refractivity contribution in [3.63, 3.8) is 0 Å². The second-order valence-corrected chi connectivity index (χ2v) is 10.9. The molecule has 9 heteroatoms. The van der Waals surface area contributed by atoms with Gasteiger partial charge < -0.3 is 20.6 Å². The molecule has 8 nitrogen and oxygen atoms in total. The Bertz CT molecular complexity index is 1040. The minimum atomic E-state index is -0.803. The molecule has 3 N–H and O–H groups in total. The second kappa shape index (κ2) is 10.2. The number of amides is 3. The predicted octanol–water partition coefficient (Wildman–Crippen LogP) is 2.81. The summed E-state index contributed by atoms with van der Waals surface area (Å²) >= 11 is 1.59. The van der Waals surface area contributed by atoms with Crippen LogP contribution in [-0.4, -0.2) is 57.4 Å². The molecule has 34 heavy (non-hydrogen) atoms. The van der Waals surface area contributed by atoms with Crippen LogP contribution in [0.1, 0.15) is 58.3 Å². The van der Waals surface area contributed by atoms with E-state index in [1.54, 1.807) is 11.3 Å². The Morgan fingerprint density at radius 1 is 1.18 bits per heavy atom. The molecule has 1 aliphatic rings. The highest BCUT2D eigenvalue weighted by molar-refractivity contribution is 7.13. The molecule has 0 spiro atoms. The standard InChI is InChI=1S/C25H34N4O4S/c1-14(17-7-9-18(10-8-17)21-15(2)26-13-34-21)27-23(32)20-11-19(31)12-29(20)24(33)22(25(4,5)6)28-16(3)30/h7-10,13-14,19-20,22,31H,11-12H2,1-6H3,(H,27,32)(H,28,30)/t14-,19-,20+,22-/m1/s1. The monoisotopic (exact) mass is 486 g/mol. The van der Waals surface area contributed by atoms with Gasteiger partial charge in [-0.05, 0) is 30.4 Å². The molecule has 2 aromatic rings. The summed E-state index contributed by atoms with van der Waals surface area (Å²) in [6.07, 6.45) is -0.639. The molecule has 0 aliphatic carbocycles. The van der Waals surface area contributed by atoms with Crippen molar-refractivity contribution in [2.75, 3.05) is 6.54 Å². The van der Waals surface area contributed by atoms with E-state index in [0.29, 0.717) is 0 Å². The zero-order chi connectivity index (χ0) is 25.2. The van der Waals surface area contributed by atoms with Gasteiger partial charge in [0, 0.05) is 19.9 Å². The highest BCUT2D eigenvalue weighted by Crippen LogP contribution is 2.29. The Labute approximate surface area is 204 Å². The molecular weight excluding hydrogens is 452 g/mol. The van der Waals surface area contributed by atoms with Crippen LogP contribution in [-0.2, 0) is 14.4 Å². The van der Waals surface area contributed by atoms with Gasteiger partial charge in [0.05, 0.1) is 28.2 Å². The van der Waals surface area contributed by atoms with Gasteiger partial charge in [0.15, 0.2) is 0 Å². The van der Waals surface area contributed by atoms with Crippen LogP contribution in [0, 0.1) is 12.3 Å². The Kier molecular flexibility index (Phi) is 7.77. The minimum Gasteiger partial charge on any atom is -0.391 e. The third-order valence-corrected chi connectivity index (χ3v) is 7.08. The summed E-state index contributed by atoms with van der Waals surface area (Å²) in [5.74, 6) is -1.01. The predicted molar refractivity (Wildman–Crippen MR) is 132 cm³/mol. The molecule has 1 aromatic carbocycles. The topological polar surface area (TPSA) is 112 Å². The lowest BCUT2D eigenvalue weighted by Gasteiger charge is -2.35. The number of aliphatic hydroxyl groups is 1. The number of nitrogens with zero attached hydrogens (tertiary/aromatic N) is 2. The fraction of sp³-hybridized carbons (Fsp3) is 0.520. The average molecular weight is 487 g/mol. The van der Waals surface area contributed by atoms with Crippen molar-refractivity contribution < 1.29 is 19.5 Å². The Morgan fingerprint density at radius 3 is 2.35 bits per heavy atom. The highest BCUT2D eigenvalue weighted by Gasteiger charge is 2.44. The van der Waals surface area contributed by atoms with Gasteiger partial charge in [-0.25, -0.2) is 4.98 Å². The van der Waals surface area contributed by atoms with Gasteiger partial charge in [-0.1, -0.05) is 45.0 Å². The highest BCUT2D eigenvalue weighted by atomic mass is 32.1. The number of carbonyl (C=O) groups is 3. The molecule has 0 unspecified atom stereocenters. The molecule has 3 amide bonds. The number of rotatable bonds is 6. The van der Waals surface area contributed by atoms with Crippen LogP contribution in [0.5, 0.6) is 0 Å². The first-order valence-corrected chi connectivity index (χ1v) is 12.3. The maximum Gasteiger partial charge on any atom is 0.246 e. The summed E-state index contributed by atoms with van der Waals surface area (Å²) in [6.45, 7) is 10.8. The lowest BCUT2D eigenvalue weighted by Crippen LogP contribution is -2.57. The van der Waals surface area contributed by atoms with Crippen molar-refractivity contribution in [1.29, 1.82) is 0 Å². The summed E-state index contributed by atoms with van der Waals surface area (Å²) in [5, 5.41) is 16.0. The van der Waals surface area contributed by atoms with Crippen LogP contribution in [0.2, 0.25) is 0 Å². The van der Waals surface area contributed by atoms with Crippen LogP contribution < -0.4 is 10.6 Å². The van der Waals surface area contributed by atoms with Gasteiger partial charge in [-0.3, -0.25) is 14.4 Å². The van der Waals surface area contributed by atoms with Crippen molar-refractivity contribution in [2.45, 2.75) is 72.2 Å². The van der Waals surface area contributed by atoms with Gasteiger partial charge in [-0.2, -0.15) is 0 Å². The van der Waals surface area contributed by atoms with Gasteiger partial charge in [-0.15, -0.1) is 11.3 Å². The smallest absolute Gasteiger partial charge is 0.246 e. The molecule has 4 atom stereocenters. The van der Waals surface area contributed by atoms with E-state index in [1.807, 2.05) is 64.4 Å². The van der Waals surface area contributed by atoms with Crippen LogP contribution in [0.4, 0.5) is 0 Å². The van der Waals surface area contributed by atoms with Crippen LogP contribution in [0.3, 0.4) is 0 Å². The number of nitrogens with one attached hydrogen (secondary N) is 2. The van der Waals surface area contributed by atoms with Crippen molar-refractivity contribution in [1.82, 2.24) is 20.5 Å². The molecule has 0 bridgehead atoms. The molecule has 2 heterocycles. The summed E-state index contributed by atoms with van der Waals surface area (Å²) in [7, 11) is 0. The number of aromatic nitrogens is 1. The first kappa shape index (κ1) is 25.8. The molecule has 1 aromatic heterocycles. The van der Waals surface area contributed by atoms with E-state index in [0.717, 1.165) is 21.7 Å². The Balaban J connectivity index is 1.72. The number of hydrogen-bond donors (Lipinski definition) is 3. The van der Waals surface area contributed by atoms with E-state index in [9.17, 15) is 19.5 Å². The number of carbonyl (C=O) groups excluding carboxylic acids is 3. The number of hydrogen-bond acceptors (Lipinski definition) is 6. The van der Waals surface area contributed by atoms with Crippen molar-refractivity contribution in [2.24, 2.45) is 5.41 Å². The molecule has 0 radical (unpaired) electrons. The number of aryl methyl sites for hydroxylation is 1. The Hall–Kier alpha value is -2.78. The zero-order valence-electron chi connectivity index (χ0n) is 20.6. The largest absolute Gasteiger partial charge is 0.391 e. The number of β-amino-alcohol motifs (C(OH)–C–C–N with tert-alkyl or cyclic N) is 1. The molecule has 0 saturated carbocycles. The average Bonchev–Trinajstić information content (AvgIpc) is 3.36. The lowest BCUT2D eigenvalue weighted by molar-refractivity contribution is -0.144. The molecule has 1 aliphatic heterocycles. The molecule has 1 fully saturated rings. The van der Waals surface area contributed by atoms with Crippen LogP contribution >= 0.6 is 11.3 Å². The van der Waals surface area contributed by atoms with E-state index >= 15 is 0 Å². The van der Waals surface area contributed by atoms with Gasteiger partial charge in [0.1, 0.15) is 12.1 Å². The maximum atomic E-state index is 13.3. The second-order valence-electron chi connectivity index (χ2n) is 10.0. The fourth-order valence-electron chi connectivity index (χ4n) is 4.22. The zero-order valence-corrected chi connectivity index (χ0v) is 21.4. The minimum absolute atomic E-state index is 0.0559. The van der Waals surface area contributed by atoms with E-state index in [4.69, 9.17) is 0 Å². The molecule has 1 saturated heterocycles. The van der Waals surface area contributed by atoms with Gasteiger partial charge in [0.25, 0.3) is 0 Å². The first-order chi connectivity index (χ1) is 15.9. The normalized spacial score (nSPS) is 20.0. The summed E-state index contributed by atoms with van der Waals surface area (Å²) < 4.78 is 0. The molecular formula is C25H34N4O4S. The number of benzene rings is 1. The van der Waals surface area contributed by atoms with E-state index in [2.05, 4.69) is 15.6 Å². The third kappa shape index (κ3) is 5.82. The summed E-state index contributed by atoms with van der Waals surface area (Å²) in [6, 6.07) is 6.07. The SMILES string of the molecule is CC(=O)N[C@H](C(=O)N1C[C@H](O)C[C@H]1C(=O)N[C@H](C)c1ccc(-c2scnc2C)cc1)C(C)(C)C. The Morgan fingerprint density at radius 2 is 1.82 bits per heavy atom. The number of aliphatic hydroxyl groups excluding tert-OH is 1. The molecule has 3 rings (SSSR count). The summed E-state index contributed by atoms with van der Waals surface area (Å²) in [4.78, 5) is 45.0. The quantitative estimate of drug-likeness (QED) is 0.581. The van der Waals surface area contributed by atoms with E-state index in [1.165, 1.54) is 11.8 Å². The van der Waals surface area contributed by atoms with Crippen molar-refractivity contribution in [3.8, 4) is 10.4 Å². The first-order valence-electron chi connectivity index (χ1n) is 11.4. The van der Waals surface area contributed by atoms with Gasteiger partial charge >= 0.3 is 0 Å². The van der Waals surface area contributed by atoms with Crippen LogP contribution in [0.25, 0.3) is 10.4 Å². The van der Waals surface area contributed by atoms with Crippen molar-refractivity contribution in [3.05, 3.63) is 41.0 Å². The maximum absolute atomic E-state index is 13.3. The van der Waals surface area contributed by atoms with Gasteiger partial charge in [0.2, 0.25) is 17.7 Å². The number of thiazole rings is 1.